The van der Waals surface area contributed by atoms with E-state index in [9.17, 15) is 4.79 Å². The van der Waals surface area contributed by atoms with Crippen LogP contribution in [-0.2, 0) is 9.53 Å². The summed E-state index contributed by atoms with van der Waals surface area (Å²) in [6, 6.07) is 7.93. The Morgan fingerprint density at radius 1 is 1.28 bits per heavy atom. The highest BCUT2D eigenvalue weighted by Crippen LogP contribution is 2.13. The van der Waals surface area contributed by atoms with Crippen LogP contribution < -0.4 is 4.90 Å². The molecule has 0 aliphatic rings. The van der Waals surface area contributed by atoms with Crippen LogP contribution in [0.15, 0.2) is 42.2 Å². The van der Waals surface area contributed by atoms with Crippen LogP contribution in [0.2, 0.25) is 0 Å². The Balaban J connectivity index is 2.76. The summed E-state index contributed by atoms with van der Waals surface area (Å²) >= 11 is 0. The number of nitrogens with zero attached hydrogens (tertiary/aromatic N) is 1. The zero-order valence-electron chi connectivity index (χ0n) is 10.8. The van der Waals surface area contributed by atoms with Crippen LogP contribution >= 0.6 is 0 Å². The second-order valence-electron chi connectivity index (χ2n) is 3.89. The van der Waals surface area contributed by atoms with Crippen molar-refractivity contribution in [2.75, 3.05) is 26.1 Å². The molecule has 18 heavy (non-hydrogen) atoms. The molecule has 0 fully saturated rings. The number of ether oxygens (including phenoxy) is 1. The number of carboxylic acid groups (broad SMARTS) is 1. The maximum Gasteiger partial charge on any atom is 0.371 e. The molecule has 0 amide bonds. The average molecular weight is 247 g/mol. The normalized spacial score (nSPS) is 11.6. The first-order valence-electron chi connectivity index (χ1n) is 5.47. The molecule has 0 atom stereocenters. The lowest BCUT2D eigenvalue weighted by molar-refractivity contribution is -0.136. The minimum absolute atomic E-state index is 0.0869. The molecule has 4 heteroatoms. The highest BCUT2D eigenvalue weighted by molar-refractivity contribution is 5.84. The zero-order valence-corrected chi connectivity index (χ0v) is 10.8. The SMILES string of the molecule is COC(=CC=Cc1ccc(N(C)C)cc1)C(=O)O. The van der Waals surface area contributed by atoms with Crippen molar-refractivity contribution in [2.24, 2.45) is 0 Å². The van der Waals surface area contributed by atoms with Crippen molar-refractivity contribution in [3.63, 3.8) is 0 Å². The Labute approximate surface area is 107 Å². The van der Waals surface area contributed by atoms with Crippen molar-refractivity contribution in [2.45, 2.75) is 0 Å². The number of benzene rings is 1. The van der Waals surface area contributed by atoms with Gasteiger partial charge < -0.3 is 14.7 Å². The first kappa shape index (κ1) is 13.8. The fraction of sp³-hybridized carbons (Fsp3) is 0.214. The molecule has 0 radical (unpaired) electrons. The van der Waals surface area contributed by atoms with Crippen LogP contribution in [0.3, 0.4) is 0 Å². The molecule has 0 aromatic heterocycles. The van der Waals surface area contributed by atoms with E-state index in [0.29, 0.717) is 0 Å². The molecule has 1 aromatic carbocycles. The molecule has 0 spiro atoms. The van der Waals surface area contributed by atoms with Gasteiger partial charge in [0.2, 0.25) is 5.76 Å². The molecule has 1 aromatic rings. The molecule has 0 bridgehead atoms. The Kier molecular flexibility index (Phi) is 4.99. The van der Waals surface area contributed by atoms with E-state index in [-0.39, 0.29) is 5.76 Å². The lowest BCUT2D eigenvalue weighted by Crippen LogP contribution is -2.07. The van der Waals surface area contributed by atoms with Gasteiger partial charge in [-0.05, 0) is 23.8 Å². The lowest BCUT2D eigenvalue weighted by atomic mass is 10.2. The second-order valence-corrected chi connectivity index (χ2v) is 3.89. The predicted octanol–water partition coefficient (Wildman–Crippen LogP) is 2.38. The van der Waals surface area contributed by atoms with Crippen LogP contribution in [0.4, 0.5) is 5.69 Å². The van der Waals surface area contributed by atoms with Crippen molar-refractivity contribution in [3.8, 4) is 0 Å². The van der Waals surface area contributed by atoms with Crippen molar-refractivity contribution < 1.29 is 14.6 Å². The van der Waals surface area contributed by atoms with Crippen LogP contribution in [0.25, 0.3) is 6.08 Å². The summed E-state index contributed by atoms with van der Waals surface area (Å²) in [5.74, 6) is -1.17. The van der Waals surface area contributed by atoms with Crippen molar-refractivity contribution in [1.82, 2.24) is 0 Å². The molecule has 0 heterocycles. The third-order valence-corrected chi connectivity index (χ3v) is 2.38. The second kappa shape index (κ2) is 6.49. The number of methoxy groups -OCH3 is 1. The number of carbonyl (C=O) groups is 1. The highest BCUT2D eigenvalue weighted by Gasteiger charge is 2.03. The molecule has 0 unspecified atom stereocenters. The molecule has 96 valence electrons. The molecule has 0 saturated carbocycles. The van der Waals surface area contributed by atoms with Gasteiger partial charge in [0.15, 0.2) is 0 Å². The minimum Gasteiger partial charge on any atom is -0.490 e. The molecule has 0 saturated heterocycles. The van der Waals surface area contributed by atoms with E-state index in [1.165, 1.54) is 13.2 Å². The number of rotatable bonds is 5. The summed E-state index contributed by atoms with van der Waals surface area (Å²) in [4.78, 5) is 12.7. The first-order valence-corrected chi connectivity index (χ1v) is 5.47. The lowest BCUT2D eigenvalue weighted by Gasteiger charge is -2.11. The van der Waals surface area contributed by atoms with Crippen LogP contribution in [0.5, 0.6) is 0 Å². The molecular weight excluding hydrogens is 230 g/mol. The molecule has 1 rings (SSSR count). The van der Waals surface area contributed by atoms with E-state index in [0.717, 1.165) is 11.3 Å². The molecule has 4 nitrogen and oxygen atoms in total. The van der Waals surface area contributed by atoms with Crippen LogP contribution in [0, 0.1) is 0 Å². The summed E-state index contributed by atoms with van der Waals surface area (Å²) in [7, 11) is 5.29. The van der Waals surface area contributed by atoms with E-state index < -0.39 is 5.97 Å². The van der Waals surface area contributed by atoms with Gasteiger partial charge in [0.1, 0.15) is 0 Å². The smallest absolute Gasteiger partial charge is 0.371 e. The molecular formula is C14H17NO3. The third-order valence-electron chi connectivity index (χ3n) is 2.38. The van der Waals surface area contributed by atoms with Crippen molar-refractivity contribution >= 4 is 17.7 Å². The largest absolute Gasteiger partial charge is 0.490 e. The van der Waals surface area contributed by atoms with E-state index in [2.05, 4.69) is 0 Å². The number of hydrogen-bond acceptors (Lipinski definition) is 3. The highest BCUT2D eigenvalue weighted by atomic mass is 16.5. The Morgan fingerprint density at radius 3 is 2.33 bits per heavy atom. The van der Waals surface area contributed by atoms with Crippen LogP contribution in [-0.4, -0.2) is 32.3 Å². The van der Waals surface area contributed by atoms with Gasteiger partial charge in [0.05, 0.1) is 7.11 Å². The molecule has 1 N–H and O–H groups in total. The third kappa shape index (κ3) is 3.97. The Hall–Kier alpha value is -2.23. The topological polar surface area (TPSA) is 49.8 Å². The number of aliphatic carboxylic acids is 1. The number of allylic oxidation sites excluding steroid dienone is 2. The quantitative estimate of drug-likeness (QED) is 0.493. The van der Waals surface area contributed by atoms with Gasteiger partial charge in [-0.25, -0.2) is 4.79 Å². The summed E-state index contributed by atoms with van der Waals surface area (Å²) in [5.41, 5.74) is 2.11. The standard InChI is InChI=1S/C14H17NO3/c1-15(2)12-9-7-11(8-10-12)5-4-6-13(18-3)14(16)17/h4-10H,1-3H3,(H,16,17). The number of hydrogen-bond donors (Lipinski definition) is 1. The maximum atomic E-state index is 10.7. The monoisotopic (exact) mass is 247 g/mol. The van der Waals surface area contributed by atoms with Crippen molar-refractivity contribution in [1.29, 1.82) is 0 Å². The molecule has 0 aliphatic carbocycles. The van der Waals surface area contributed by atoms with E-state index in [1.54, 1.807) is 6.08 Å². The van der Waals surface area contributed by atoms with Gasteiger partial charge in [0, 0.05) is 19.8 Å². The summed E-state index contributed by atoms with van der Waals surface area (Å²) in [6.07, 6.45) is 4.89. The Morgan fingerprint density at radius 2 is 1.89 bits per heavy atom. The number of carboxylic acids is 1. The van der Waals surface area contributed by atoms with Gasteiger partial charge in [-0.1, -0.05) is 24.3 Å². The maximum absolute atomic E-state index is 10.7. The average Bonchev–Trinajstić information content (AvgIpc) is 2.34. The summed E-state index contributed by atoms with van der Waals surface area (Å²) in [6.45, 7) is 0. The van der Waals surface area contributed by atoms with E-state index >= 15 is 0 Å². The zero-order chi connectivity index (χ0) is 13.5. The van der Waals surface area contributed by atoms with Gasteiger partial charge in [-0.3, -0.25) is 0 Å². The fourth-order valence-electron chi connectivity index (χ4n) is 1.36. The van der Waals surface area contributed by atoms with E-state index in [1.807, 2.05) is 49.3 Å². The van der Waals surface area contributed by atoms with E-state index in [4.69, 9.17) is 9.84 Å². The number of anilines is 1. The van der Waals surface area contributed by atoms with Gasteiger partial charge in [0.25, 0.3) is 0 Å². The summed E-state index contributed by atoms with van der Waals surface area (Å²) < 4.78 is 4.70. The predicted molar refractivity (Wildman–Crippen MR) is 72.5 cm³/mol. The van der Waals surface area contributed by atoms with Gasteiger partial charge >= 0.3 is 5.97 Å². The van der Waals surface area contributed by atoms with Crippen molar-refractivity contribution in [3.05, 3.63) is 47.7 Å². The first-order chi connectivity index (χ1) is 8.54. The van der Waals surface area contributed by atoms with Gasteiger partial charge in [-0.15, -0.1) is 0 Å². The van der Waals surface area contributed by atoms with Crippen LogP contribution in [0.1, 0.15) is 5.56 Å². The molecule has 0 aliphatic heterocycles. The summed E-state index contributed by atoms with van der Waals surface area (Å²) in [5, 5.41) is 8.74. The van der Waals surface area contributed by atoms with Gasteiger partial charge in [-0.2, -0.15) is 0 Å². The fourth-order valence-corrected chi connectivity index (χ4v) is 1.36. The minimum atomic E-state index is -1.08. The Bertz CT molecular complexity index is 458.